The highest BCUT2D eigenvalue weighted by atomic mass is 35.5. The highest BCUT2D eigenvalue weighted by molar-refractivity contribution is 5.85. The van der Waals surface area contributed by atoms with Gasteiger partial charge in [-0.25, -0.2) is 4.68 Å². The molecule has 2 aromatic rings. The summed E-state index contributed by atoms with van der Waals surface area (Å²) < 4.78 is 7.67. The van der Waals surface area contributed by atoms with E-state index in [0.29, 0.717) is 12.1 Å². The summed E-state index contributed by atoms with van der Waals surface area (Å²) >= 11 is 0. The number of hydrogen-bond acceptors (Lipinski definition) is 6. The molecular formula is C22H35ClN6O. The lowest BCUT2D eigenvalue weighted by Gasteiger charge is -2.39. The van der Waals surface area contributed by atoms with Crippen molar-refractivity contribution in [2.45, 2.75) is 64.1 Å². The number of nitrogens with zero attached hydrogens (tertiary/aromatic N) is 6. The van der Waals surface area contributed by atoms with Crippen molar-refractivity contribution in [3.05, 3.63) is 35.7 Å². The van der Waals surface area contributed by atoms with Crippen molar-refractivity contribution in [1.82, 2.24) is 30.0 Å². The van der Waals surface area contributed by atoms with E-state index in [4.69, 9.17) is 4.74 Å². The molecule has 0 bridgehead atoms. The largest absolute Gasteiger partial charge is 0.496 e. The van der Waals surface area contributed by atoms with E-state index in [2.05, 4.69) is 49.1 Å². The number of benzene rings is 1. The Labute approximate surface area is 186 Å². The third-order valence-corrected chi connectivity index (χ3v) is 6.56. The van der Waals surface area contributed by atoms with Gasteiger partial charge in [0.05, 0.1) is 19.2 Å². The van der Waals surface area contributed by atoms with Crippen molar-refractivity contribution in [3.8, 4) is 5.75 Å². The Morgan fingerprint density at radius 1 is 1.07 bits per heavy atom. The number of piperazine rings is 1. The van der Waals surface area contributed by atoms with Crippen LogP contribution in [0.25, 0.3) is 0 Å². The minimum absolute atomic E-state index is 0. The van der Waals surface area contributed by atoms with Crippen LogP contribution in [-0.2, 0) is 6.54 Å². The van der Waals surface area contributed by atoms with Gasteiger partial charge in [0, 0.05) is 38.3 Å². The first-order valence-corrected chi connectivity index (χ1v) is 11.2. The van der Waals surface area contributed by atoms with Crippen LogP contribution in [0.5, 0.6) is 5.75 Å². The summed E-state index contributed by atoms with van der Waals surface area (Å²) in [5.41, 5.74) is 1.26. The van der Waals surface area contributed by atoms with Crippen LogP contribution in [0.4, 0.5) is 0 Å². The first kappa shape index (κ1) is 23.0. The van der Waals surface area contributed by atoms with Gasteiger partial charge in [0.2, 0.25) is 0 Å². The van der Waals surface area contributed by atoms with E-state index in [-0.39, 0.29) is 12.4 Å². The van der Waals surface area contributed by atoms with Crippen LogP contribution in [0.3, 0.4) is 0 Å². The molecule has 1 saturated heterocycles. The molecule has 0 radical (unpaired) electrons. The fourth-order valence-corrected chi connectivity index (χ4v) is 4.92. The number of para-hydroxylation sites is 1. The molecule has 1 atom stereocenters. The maximum Gasteiger partial charge on any atom is 0.168 e. The van der Waals surface area contributed by atoms with E-state index in [1.807, 2.05) is 12.1 Å². The molecule has 7 nitrogen and oxygen atoms in total. The molecule has 8 heteroatoms. The molecule has 2 fully saturated rings. The SMILES string of the molecule is CCC(c1nnnn1C1CCCCC1)N1CCN(Cc2ccccc2OC)CC1.Cl. The van der Waals surface area contributed by atoms with Gasteiger partial charge in [-0.2, -0.15) is 0 Å². The standard InChI is InChI=1S/C22H34N6O.ClH/c1-3-20(22-23-24-25-28(22)19-10-5-4-6-11-19)27-15-13-26(14-16-27)17-18-9-7-8-12-21(18)29-2;/h7-9,12,19-20H,3-6,10-11,13-17H2,1-2H3;1H. The summed E-state index contributed by atoms with van der Waals surface area (Å²) in [5, 5.41) is 12.9. The van der Waals surface area contributed by atoms with Gasteiger partial charge in [-0.15, -0.1) is 17.5 Å². The minimum Gasteiger partial charge on any atom is -0.496 e. The van der Waals surface area contributed by atoms with Crippen LogP contribution >= 0.6 is 12.4 Å². The van der Waals surface area contributed by atoms with Crippen molar-refractivity contribution in [3.63, 3.8) is 0 Å². The Hall–Kier alpha value is -1.70. The van der Waals surface area contributed by atoms with Gasteiger partial charge in [-0.1, -0.05) is 44.4 Å². The number of aromatic nitrogens is 4. The summed E-state index contributed by atoms with van der Waals surface area (Å²) in [7, 11) is 1.75. The second-order valence-electron chi connectivity index (χ2n) is 8.32. The van der Waals surface area contributed by atoms with Gasteiger partial charge in [0.25, 0.3) is 0 Å². The Balaban J connectivity index is 0.00000256. The third kappa shape index (κ3) is 5.13. The molecule has 0 N–H and O–H groups in total. The second-order valence-corrected chi connectivity index (χ2v) is 8.32. The number of methoxy groups -OCH3 is 1. The first-order valence-electron chi connectivity index (χ1n) is 11.2. The fourth-order valence-electron chi connectivity index (χ4n) is 4.92. The van der Waals surface area contributed by atoms with E-state index in [1.165, 1.54) is 37.7 Å². The van der Waals surface area contributed by atoms with Crippen molar-refractivity contribution >= 4 is 12.4 Å². The molecule has 0 spiro atoms. The fraction of sp³-hybridized carbons (Fsp3) is 0.682. The highest BCUT2D eigenvalue weighted by Gasteiger charge is 2.30. The van der Waals surface area contributed by atoms with Gasteiger partial charge < -0.3 is 4.74 Å². The van der Waals surface area contributed by atoms with Gasteiger partial charge in [0.1, 0.15) is 5.75 Å². The number of hydrogen-bond donors (Lipinski definition) is 0. The lowest BCUT2D eigenvalue weighted by molar-refractivity contribution is 0.0822. The quantitative estimate of drug-likeness (QED) is 0.659. The predicted octanol–water partition coefficient (Wildman–Crippen LogP) is 3.88. The maximum atomic E-state index is 5.52. The monoisotopic (exact) mass is 434 g/mol. The van der Waals surface area contributed by atoms with Crippen molar-refractivity contribution in [1.29, 1.82) is 0 Å². The molecule has 1 aliphatic carbocycles. The zero-order valence-corrected chi connectivity index (χ0v) is 19.1. The molecule has 2 heterocycles. The normalized spacial score (nSPS) is 19.9. The number of ether oxygens (including phenoxy) is 1. The number of rotatable bonds is 7. The molecule has 1 aliphatic heterocycles. The van der Waals surface area contributed by atoms with E-state index in [0.717, 1.165) is 50.7 Å². The van der Waals surface area contributed by atoms with Crippen molar-refractivity contribution in [2.75, 3.05) is 33.3 Å². The van der Waals surface area contributed by atoms with Gasteiger partial charge in [-0.3, -0.25) is 9.80 Å². The molecule has 30 heavy (non-hydrogen) atoms. The molecule has 166 valence electrons. The average Bonchev–Trinajstić information content (AvgIpc) is 3.26. The van der Waals surface area contributed by atoms with Crippen LogP contribution in [0.2, 0.25) is 0 Å². The van der Waals surface area contributed by atoms with Crippen molar-refractivity contribution in [2.24, 2.45) is 0 Å². The summed E-state index contributed by atoms with van der Waals surface area (Å²) in [6.07, 6.45) is 7.39. The zero-order valence-electron chi connectivity index (χ0n) is 18.2. The maximum absolute atomic E-state index is 5.52. The summed E-state index contributed by atoms with van der Waals surface area (Å²) in [5.74, 6) is 2.05. The second kappa shape index (κ2) is 11.1. The molecule has 1 unspecified atom stereocenters. The smallest absolute Gasteiger partial charge is 0.168 e. The van der Waals surface area contributed by atoms with Gasteiger partial charge >= 0.3 is 0 Å². The van der Waals surface area contributed by atoms with Gasteiger partial charge in [0.15, 0.2) is 5.82 Å². The van der Waals surface area contributed by atoms with E-state index >= 15 is 0 Å². The zero-order chi connectivity index (χ0) is 20.1. The average molecular weight is 435 g/mol. The van der Waals surface area contributed by atoms with Crippen LogP contribution in [-0.4, -0.2) is 63.3 Å². The molecule has 1 saturated carbocycles. The van der Waals surface area contributed by atoms with Gasteiger partial charge in [-0.05, 0) is 35.8 Å². The lowest BCUT2D eigenvalue weighted by Crippen LogP contribution is -2.47. The van der Waals surface area contributed by atoms with Crippen LogP contribution in [0.1, 0.15) is 68.9 Å². The number of tetrazole rings is 1. The van der Waals surface area contributed by atoms with Crippen LogP contribution in [0, 0.1) is 0 Å². The molecule has 1 aromatic carbocycles. The summed E-state index contributed by atoms with van der Waals surface area (Å²) in [6.45, 7) is 7.40. The number of halogens is 1. The molecular weight excluding hydrogens is 400 g/mol. The van der Waals surface area contributed by atoms with Crippen molar-refractivity contribution < 1.29 is 4.74 Å². The predicted molar refractivity (Wildman–Crippen MR) is 120 cm³/mol. The van der Waals surface area contributed by atoms with E-state index in [9.17, 15) is 0 Å². The topological polar surface area (TPSA) is 59.3 Å². The lowest BCUT2D eigenvalue weighted by atomic mass is 9.95. The first-order chi connectivity index (χ1) is 14.3. The highest BCUT2D eigenvalue weighted by Crippen LogP contribution is 2.32. The Morgan fingerprint density at radius 3 is 2.50 bits per heavy atom. The van der Waals surface area contributed by atoms with Crippen LogP contribution in [0.15, 0.2) is 24.3 Å². The van der Waals surface area contributed by atoms with Crippen LogP contribution < -0.4 is 4.74 Å². The van der Waals surface area contributed by atoms with E-state index in [1.54, 1.807) is 7.11 Å². The minimum atomic E-state index is 0. The third-order valence-electron chi connectivity index (χ3n) is 6.56. The Kier molecular flexibility index (Phi) is 8.48. The summed E-state index contributed by atoms with van der Waals surface area (Å²) in [6, 6.07) is 9.12. The van der Waals surface area contributed by atoms with E-state index < -0.39 is 0 Å². The molecule has 0 amide bonds. The summed E-state index contributed by atoms with van der Waals surface area (Å²) in [4.78, 5) is 5.09. The molecule has 4 rings (SSSR count). The Morgan fingerprint density at radius 2 is 1.80 bits per heavy atom. The molecule has 2 aliphatic rings. The Bertz CT molecular complexity index is 770. The molecule has 1 aromatic heterocycles.